The smallest absolute Gasteiger partial charge is 0.244 e. The Balaban J connectivity index is 2.09. The number of nitrogens with one attached hydrogen (secondary N) is 2. The summed E-state index contributed by atoms with van der Waals surface area (Å²) < 4.78 is 32.4. The number of pyridine rings is 1. The monoisotopic (exact) mass is 285 g/mol. The first kappa shape index (κ1) is 14.2. The highest BCUT2D eigenvalue weighted by molar-refractivity contribution is 7.89. The van der Waals surface area contributed by atoms with Crippen molar-refractivity contribution in [2.24, 2.45) is 5.92 Å². The zero-order valence-corrected chi connectivity index (χ0v) is 11.7. The van der Waals surface area contributed by atoms with Crippen LogP contribution in [0.15, 0.2) is 23.4 Å². The second kappa shape index (κ2) is 6.31. The van der Waals surface area contributed by atoms with Crippen LogP contribution in [0.25, 0.3) is 0 Å². The number of hydrogen-bond donors (Lipinski definition) is 2. The molecule has 0 amide bonds. The van der Waals surface area contributed by atoms with Gasteiger partial charge in [0, 0.05) is 32.1 Å². The standard InChI is InChI=1S/C12H19N3O3S/c1-2-14-11-3-5-13-8-12(11)19(16,17)15-7-10-4-6-18-9-10/h3,5,8,10,15H,2,4,6-7,9H2,1H3,(H,13,14). The van der Waals surface area contributed by atoms with Crippen LogP contribution >= 0.6 is 0 Å². The summed E-state index contributed by atoms with van der Waals surface area (Å²) in [5.41, 5.74) is 0.577. The van der Waals surface area contributed by atoms with E-state index in [9.17, 15) is 8.42 Å². The minimum absolute atomic E-state index is 0.191. The molecule has 2 N–H and O–H groups in total. The second-order valence-corrected chi connectivity index (χ2v) is 6.22. The van der Waals surface area contributed by atoms with E-state index in [2.05, 4.69) is 15.0 Å². The molecule has 0 aromatic carbocycles. The molecule has 1 saturated heterocycles. The molecule has 0 spiro atoms. The van der Waals surface area contributed by atoms with Gasteiger partial charge in [-0.2, -0.15) is 0 Å². The summed E-state index contributed by atoms with van der Waals surface area (Å²) in [7, 11) is -3.53. The Morgan fingerprint density at radius 2 is 2.37 bits per heavy atom. The predicted octanol–water partition coefficient (Wildman–Crippen LogP) is 0.828. The third kappa shape index (κ3) is 3.65. The largest absolute Gasteiger partial charge is 0.384 e. The lowest BCUT2D eigenvalue weighted by molar-refractivity contribution is 0.186. The molecule has 106 valence electrons. The number of aromatic nitrogens is 1. The van der Waals surface area contributed by atoms with E-state index >= 15 is 0 Å². The quantitative estimate of drug-likeness (QED) is 0.809. The minimum Gasteiger partial charge on any atom is -0.384 e. The average Bonchev–Trinajstić information content (AvgIpc) is 2.91. The molecule has 2 heterocycles. The molecule has 0 aliphatic carbocycles. The van der Waals surface area contributed by atoms with Crippen molar-refractivity contribution in [3.8, 4) is 0 Å². The Kier molecular flexibility index (Phi) is 4.73. The first-order valence-electron chi connectivity index (χ1n) is 6.38. The molecule has 1 aromatic heterocycles. The van der Waals surface area contributed by atoms with E-state index in [4.69, 9.17) is 4.74 Å². The van der Waals surface area contributed by atoms with Crippen molar-refractivity contribution in [1.82, 2.24) is 9.71 Å². The lowest BCUT2D eigenvalue weighted by Gasteiger charge is -2.13. The Morgan fingerprint density at radius 1 is 1.53 bits per heavy atom. The summed E-state index contributed by atoms with van der Waals surface area (Å²) in [4.78, 5) is 4.08. The fraction of sp³-hybridized carbons (Fsp3) is 0.583. The van der Waals surface area contributed by atoms with E-state index in [1.54, 1.807) is 12.3 Å². The average molecular weight is 285 g/mol. The number of hydrogen-bond acceptors (Lipinski definition) is 5. The third-order valence-corrected chi connectivity index (χ3v) is 4.48. The van der Waals surface area contributed by atoms with Crippen molar-refractivity contribution >= 4 is 15.7 Å². The number of ether oxygens (including phenoxy) is 1. The van der Waals surface area contributed by atoms with Crippen LogP contribution in [0.1, 0.15) is 13.3 Å². The highest BCUT2D eigenvalue weighted by Crippen LogP contribution is 2.20. The van der Waals surface area contributed by atoms with Crippen LogP contribution in [0.3, 0.4) is 0 Å². The van der Waals surface area contributed by atoms with Crippen LogP contribution in [0.4, 0.5) is 5.69 Å². The fourth-order valence-electron chi connectivity index (χ4n) is 1.98. The molecule has 2 rings (SSSR count). The molecule has 0 radical (unpaired) electrons. The maximum absolute atomic E-state index is 12.3. The maximum Gasteiger partial charge on any atom is 0.244 e. The number of sulfonamides is 1. The van der Waals surface area contributed by atoms with Gasteiger partial charge in [0.05, 0.1) is 12.3 Å². The molecule has 1 atom stereocenters. The van der Waals surface area contributed by atoms with Crippen molar-refractivity contribution in [2.75, 3.05) is 31.6 Å². The third-order valence-electron chi connectivity index (χ3n) is 3.03. The fourth-order valence-corrected chi connectivity index (χ4v) is 3.22. The summed E-state index contributed by atoms with van der Waals surface area (Å²) >= 11 is 0. The van der Waals surface area contributed by atoms with Gasteiger partial charge in [-0.05, 0) is 25.3 Å². The van der Waals surface area contributed by atoms with Crippen LogP contribution in [0.2, 0.25) is 0 Å². The van der Waals surface area contributed by atoms with Crippen LogP contribution in [0, 0.1) is 5.92 Å². The normalized spacial score (nSPS) is 19.5. The highest BCUT2D eigenvalue weighted by Gasteiger charge is 2.22. The van der Waals surface area contributed by atoms with Crippen molar-refractivity contribution < 1.29 is 13.2 Å². The van der Waals surface area contributed by atoms with Crippen molar-refractivity contribution in [3.05, 3.63) is 18.5 Å². The Morgan fingerprint density at radius 3 is 3.05 bits per heavy atom. The van der Waals surface area contributed by atoms with Gasteiger partial charge in [-0.1, -0.05) is 0 Å². The summed E-state index contributed by atoms with van der Waals surface area (Å²) in [5.74, 6) is 0.258. The van der Waals surface area contributed by atoms with Crippen molar-refractivity contribution in [2.45, 2.75) is 18.2 Å². The Hall–Kier alpha value is -1.18. The van der Waals surface area contributed by atoms with Gasteiger partial charge >= 0.3 is 0 Å². The first-order chi connectivity index (χ1) is 9.13. The minimum atomic E-state index is -3.53. The topological polar surface area (TPSA) is 80.3 Å². The van der Waals surface area contributed by atoms with Gasteiger partial charge in [0.15, 0.2) is 0 Å². The molecule has 19 heavy (non-hydrogen) atoms. The number of anilines is 1. The molecule has 1 aromatic rings. The SMILES string of the molecule is CCNc1ccncc1S(=O)(=O)NCC1CCOC1. The van der Waals surface area contributed by atoms with E-state index in [1.807, 2.05) is 6.92 Å². The zero-order valence-electron chi connectivity index (χ0n) is 10.9. The lowest BCUT2D eigenvalue weighted by Crippen LogP contribution is -2.30. The maximum atomic E-state index is 12.3. The molecular weight excluding hydrogens is 266 g/mol. The zero-order chi connectivity index (χ0) is 13.7. The second-order valence-electron chi connectivity index (χ2n) is 4.48. The van der Waals surface area contributed by atoms with Gasteiger partial charge in [0.25, 0.3) is 0 Å². The molecule has 0 bridgehead atoms. The molecule has 1 aliphatic heterocycles. The van der Waals surface area contributed by atoms with Crippen LogP contribution in [-0.2, 0) is 14.8 Å². The van der Waals surface area contributed by atoms with E-state index in [-0.39, 0.29) is 10.8 Å². The summed E-state index contributed by atoms with van der Waals surface area (Å²) in [6, 6.07) is 1.66. The number of nitrogens with zero attached hydrogens (tertiary/aromatic N) is 1. The van der Waals surface area contributed by atoms with Gasteiger partial charge in [0.2, 0.25) is 10.0 Å². The molecule has 1 aliphatic rings. The van der Waals surface area contributed by atoms with Gasteiger partial charge < -0.3 is 10.1 Å². The predicted molar refractivity (Wildman–Crippen MR) is 72.5 cm³/mol. The van der Waals surface area contributed by atoms with Crippen LogP contribution < -0.4 is 10.0 Å². The summed E-state index contributed by atoms with van der Waals surface area (Å²) in [6.07, 6.45) is 3.84. The van der Waals surface area contributed by atoms with Crippen LogP contribution in [0.5, 0.6) is 0 Å². The Bertz CT molecular complexity index is 513. The van der Waals surface area contributed by atoms with E-state index in [0.717, 1.165) is 6.42 Å². The molecule has 1 fully saturated rings. The molecule has 1 unspecified atom stereocenters. The van der Waals surface area contributed by atoms with E-state index in [1.165, 1.54) is 6.20 Å². The van der Waals surface area contributed by atoms with Gasteiger partial charge in [-0.15, -0.1) is 0 Å². The van der Waals surface area contributed by atoms with Gasteiger partial charge in [-0.3, -0.25) is 4.98 Å². The van der Waals surface area contributed by atoms with Gasteiger partial charge in [0.1, 0.15) is 4.90 Å². The van der Waals surface area contributed by atoms with Crippen LogP contribution in [-0.4, -0.2) is 39.7 Å². The molecule has 6 nitrogen and oxygen atoms in total. The lowest BCUT2D eigenvalue weighted by atomic mass is 10.1. The number of rotatable bonds is 6. The van der Waals surface area contributed by atoms with Crippen molar-refractivity contribution in [3.63, 3.8) is 0 Å². The molecular formula is C12H19N3O3S. The van der Waals surface area contributed by atoms with Gasteiger partial charge in [-0.25, -0.2) is 13.1 Å². The van der Waals surface area contributed by atoms with E-state index in [0.29, 0.717) is 32.0 Å². The highest BCUT2D eigenvalue weighted by atomic mass is 32.2. The first-order valence-corrected chi connectivity index (χ1v) is 7.87. The Labute approximate surface area is 113 Å². The summed E-state index contributed by atoms with van der Waals surface area (Å²) in [6.45, 7) is 4.31. The molecule has 0 saturated carbocycles. The van der Waals surface area contributed by atoms with Crippen molar-refractivity contribution in [1.29, 1.82) is 0 Å². The van der Waals surface area contributed by atoms with E-state index < -0.39 is 10.0 Å². The summed E-state index contributed by atoms with van der Waals surface area (Å²) in [5, 5.41) is 3.03. The molecule has 7 heteroatoms.